The average Bonchev–Trinajstić information content (AvgIpc) is 3.43. The fourth-order valence-electron chi connectivity index (χ4n) is 5.90. The van der Waals surface area contributed by atoms with Gasteiger partial charge in [-0.3, -0.25) is 4.79 Å². The highest BCUT2D eigenvalue weighted by atomic mass is 16.5. The Bertz CT molecular complexity index is 1240. The molecule has 5 atom stereocenters. The molecular formula is C30H35NO4. The Labute approximate surface area is 207 Å². The van der Waals surface area contributed by atoms with Crippen LogP contribution in [0.4, 0.5) is 0 Å². The first-order chi connectivity index (χ1) is 16.7. The Morgan fingerprint density at radius 3 is 2.66 bits per heavy atom. The SMILES string of the molecule is C[C@@H](OCC(O)CNC(C)(C)Cc1ccc2ccccc2c1)c1cccc2c1C[C@@H]1[C@@H](C(=O)O)[C@H]21. The van der Waals surface area contributed by atoms with Crippen LogP contribution in [0.5, 0.6) is 0 Å². The maximum Gasteiger partial charge on any atom is 0.307 e. The molecule has 0 spiro atoms. The number of β-amino-alcohol motifs (C(OH)–C–C–N with tert-alkyl or cyclic N) is 1. The molecule has 3 N–H and O–H groups in total. The number of carbonyl (C=O) groups is 1. The summed E-state index contributed by atoms with van der Waals surface area (Å²) in [5.74, 6) is -0.510. The van der Waals surface area contributed by atoms with Crippen molar-refractivity contribution >= 4 is 16.7 Å². The van der Waals surface area contributed by atoms with Crippen molar-refractivity contribution in [2.24, 2.45) is 11.8 Å². The van der Waals surface area contributed by atoms with Crippen LogP contribution in [0.1, 0.15) is 55.0 Å². The van der Waals surface area contributed by atoms with Gasteiger partial charge in [0.1, 0.15) is 0 Å². The molecule has 35 heavy (non-hydrogen) atoms. The number of aliphatic carboxylic acids is 1. The van der Waals surface area contributed by atoms with Crippen LogP contribution in [0.3, 0.4) is 0 Å². The van der Waals surface area contributed by atoms with E-state index in [4.69, 9.17) is 4.74 Å². The van der Waals surface area contributed by atoms with Crippen LogP contribution in [0.2, 0.25) is 0 Å². The van der Waals surface area contributed by atoms with Gasteiger partial charge in [-0.15, -0.1) is 0 Å². The molecule has 184 valence electrons. The van der Waals surface area contributed by atoms with Gasteiger partial charge in [-0.25, -0.2) is 0 Å². The number of hydrogen-bond acceptors (Lipinski definition) is 4. The molecule has 5 rings (SSSR count). The molecular weight excluding hydrogens is 438 g/mol. The van der Waals surface area contributed by atoms with E-state index in [0.717, 1.165) is 18.4 Å². The molecule has 1 unspecified atom stereocenters. The topological polar surface area (TPSA) is 78.8 Å². The summed E-state index contributed by atoms with van der Waals surface area (Å²) in [5.41, 5.74) is 4.64. The Hall–Kier alpha value is -2.73. The number of ether oxygens (including phenoxy) is 1. The normalized spacial score (nSPS) is 22.5. The standard InChI is InChI=1S/C30H35NO4/c1-18(23-9-6-10-24-25(23)14-26-27(24)28(26)29(33)34)35-17-22(32)16-31-30(2,3)15-19-11-12-20-7-4-5-8-21(20)13-19/h4-13,18,22,26-28,31-32H,14-17H2,1-3H3,(H,33,34)/t18-,22?,26+,27-,28-/m1/s1. The zero-order valence-corrected chi connectivity index (χ0v) is 20.7. The lowest BCUT2D eigenvalue weighted by atomic mass is 9.93. The lowest BCUT2D eigenvalue weighted by Gasteiger charge is -2.28. The number of carboxylic acids is 1. The molecule has 1 fully saturated rings. The third kappa shape index (κ3) is 4.99. The van der Waals surface area contributed by atoms with Crippen molar-refractivity contribution in [3.63, 3.8) is 0 Å². The fourth-order valence-corrected chi connectivity index (χ4v) is 5.90. The van der Waals surface area contributed by atoms with E-state index < -0.39 is 12.1 Å². The molecule has 2 aliphatic carbocycles. The molecule has 0 aliphatic heterocycles. The van der Waals surface area contributed by atoms with E-state index in [0.29, 0.717) is 6.54 Å². The molecule has 0 radical (unpaired) electrons. The van der Waals surface area contributed by atoms with Gasteiger partial charge in [0.2, 0.25) is 0 Å². The van der Waals surface area contributed by atoms with Crippen LogP contribution >= 0.6 is 0 Å². The molecule has 5 nitrogen and oxygen atoms in total. The number of aliphatic hydroxyl groups excluding tert-OH is 1. The number of fused-ring (bicyclic) bond motifs is 4. The summed E-state index contributed by atoms with van der Waals surface area (Å²) in [6, 6.07) is 21.1. The van der Waals surface area contributed by atoms with E-state index in [1.54, 1.807) is 0 Å². The van der Waals surface area contributed by atoms with Gasteiger partial charge >= 0.3 is 5.97 Å². The first-order valence-electron chi connectivity index (χ1n) is 12.6. The van der Waals surface area contributed by atoms with Gasteiger partial charge in [0.05, 0.1) is 24.7 Å². The second-order valence-corrected chi connectivity index (χ2v) is 10.9. The molecule has 5 heteroatoms. The molecule has 3 aromatic carbocycles. The van der Waals surface area contributed by atoms with E-state index in [9.17, 15) is 15.0 Å². The largest absolute Gasteiger partial charge is 0.481 e. The minimum Gasteiger partial charge on any atom is -0.481 e. The van der Waals surface area contributed by atoms with Crippen LogP contribution in [-0.2, 0) is 22.4 Å². The smallest absolute Gasteiger partial charge is 0.307 e. The molecule has 0 saturated heterocycles. The highest BCUT2D eigenvalue weighted by Crippen LogP contribution is 2.62. The molecule has 0 aromatic heterocycles. The minimum atomic E-state index is -0.681. The predicted octanol–water partition coefficient (Wildman–Crippen LogP) is 4.86. The van der Waals surface area contributed by atoms with Crippen molar-refractivity contribution in [3.05, 3.63) is 82.9 Å². The van der Waals surface area contributed by atoms with Crippen molar-refractivity contribution in [1.29, 1.82) is 0 Å². The Balaban J connectivity index is 1.12. The first kappa shape index (κ1) is 24.0. The van der Waals surface area contributed by atoms with Crippen molar-refractivity contribution in [1.82, 2.24) is 5.32 Å². The third-order valence-corrected chi connectivity index (χ3v) is 7.75. The number of nitrogens with one attached hydrogen (secondary N) is 1. The predicted molar refractivity (Wildman–Crippen MR) is 138 cm³/mol. The van der Waals surface area contributed by atoms with E-state index in [1.165, 1.54) is 27.5 Å². The van der Waals surface area contributed by atoms with Crippen molar-refractivity contribution in [3.8, 4) is 0 Å². The summed E-state index contributed by atoms with van der Waals surface area (Å²) in [6.45, 7) is 7.01. The van der Waals surface area contributed by atoms with Gasteiger partial charge in [-0.05, 0) is 72.6 Å². The summed E-state index contributed by atoms with van der Waals surface area (Å²) < 4.78 is 6.06. The van der Waals surface area contributed by atoms with Gasteiger partial charge in [-0.1, -0.05) is 60.7 Å². The number of rotatable bonds is 10. The zero-order valence-electron chi connectivity index (χ0n) is 20.7. The molecule has 1 saturated carbocycles. The van der Waals surface area contributed by atoms with Gasteiger partial charge < -0.3 is 20.3 Å². The van der Waals surface area contributed by atoms with Gasteiger partial charge in [0, 0.05) is 18.0 Å². The Morgan fingerprint density at radius 2 is 1.89 bits per heavy atom. The lowest BCUT2D eigenvalue weighted by molar-refractivity contribution is -0.139. The van der Waals surface area contributed by atoms with Crippen molar-refractivity contribution in [2.75, 3.05) is 13.2 Å². The van der Waals surface area contributed by atoms with Gasteiger partial charge in [0.25, 0.3) is 0 Å². The monoisotopic (exact) mass is 473 g/mol. The van der Waals surface area contributed by atoms with Gasteiger partial charge in [-0.2, -0.15) is 0 Å². The van der Waals surface area contributed by atoms with Crippen molar-refractivity contribution < 1.29 is 19.7 Å². The maximum absolute atomic E-state index is 11.4. The number of carboxylic acid groups (broad SMARTS) is 1. The highest BCUT2D eigenvalue weighted by Gasteiger charge is 2.60. The Morgan fingerprint density at radius 1 is 1.11 bits per heavy atom. The third-order valence-electron chi connectivity index (χ3n) is 7.75. The fraction of sp³-hybridized carbons (Fsp3) is 0.433. The first-order valence-corrected chi connectivity index (χ1v) is 12.6. The van der Waals surface area contributed by atoms with Gasteiger partial charge in [0.15, 0.2) is 0 Å². The number of hydrogen-bond donors (Lipinski definition) is 3. The summed E-state index contributed by atoms with van der Waals surface area (Å²) >= 11 is 0. The number of aliphatic hydroxyl groups is 1. The average molecular weight is 474 g/mol. The molecule has 0 bridgehead atoms. The van der Waals surface area contributed by atoms with E-state index in [2.05, 4.69) is 73.8 Å². The van der Waals surface area contributed by atoms with Crippen LogP contribution < -0.4 is 5.32 Å². The summed E-state index contributed by atoms with van der Waals surface area (Å²) in [5, 5.41) is 26.0. The molecule has 3 aromatic rings. The summed E-state index contributed by atoms with van der Waals surface area (Å²) in [6.07, 6.45) is 0.909. The second-order valence-electron chi connectivity index (χ2n) is 10.9. The van der Waals surface area contributed by atoms with Crippen LogP contribution in [-0.4, -0.2) is 41.0 Å². The number of benzene rings is 3. The van der Waals surface area contributed by atoms with Crippen LogP contribution in [0.15, 0.2) is 60.7 Å². The van der Waals surface area contributed by atoms with Crippen LogP contribution in [0, 0.1) is 11.8 Å². The van der Waals surface area contributed by atoms with E-state index in [1.807, 2.05) is 13.0 Å². The molecule has 2 aliphatic rings. The molecule has 0 heterocycles. The lowest BCUT2D eigenvalue weighted by Crippen LogP contribution is -2.46. The maximum atomic E-state index is 11.4. The summed E-state index contributed by atoms with van der Waals surface area (Å²) in [7, 11) is 0. The van der Waals surface area contributed by atoms with Crippen molar-refractivity contribution in [2.45, 2.75) is 57.3 Å². The van der Waals surface area contributed by atoms with E-state index in [-0.39, 0.29) is 36.0 Å². The minimum absolute atomic E-state index is 0.147. The Kier molecular flexibility index (Phi) is 6.43. The van der Waals surface area contributed by atoms with Crippen LogP contribution in [0.25, 0.3) is 10.8 Å². The summed E-state index contributed by atoms with van der Waals surface area (Å²) in [4.78, 5) is 11.4. The highest BCUT2D eigenvalue weighted by molar-refractivity contribution is 5.83. The second kappa shape index (κ2) is 9.38. The quantitative estimate of drug-likeness (QED) is 0.392. The van der Waals surface area contributed by atoms with E-state index >= 15 is 0 Å². The molecule has 0 amide bonds. The zero-order chi connectivity index (χ0) is 24.7.